The van der Waals surface area contributed by atoms with Crippen LogP contribution in [0.2, 0.25) is 0 Å². The predicted molar refractivity (Wildman–Crippen MR) is 92.5 cm³/mol. The highest BCUT2D eigenvalue weighted by Crippen LogP contribution is 2.19. The van der Waals surface area contributed by atoms with E-state index in [1.807, 2.05) is 6.92 Å². The van der Waals surface area contributed by atoms with Gasteiger partial charge < -0.3 is 0 Å². The highest BCUT2D eigenvalue weighted by molar-refractivity contribution is 6.07. The normalized spacial score (nSPS) is 10.5. The standard InChI is InChI=1S/C19H16FN3O2/c1-11-3-5-13(6-4-11)18(24)22-23-19(25)16-9-12(2)21-17-8-7-14(20)10-15(16)17/h3-10H,1-2H3,(H,22,24)(H,23,25). The Hall–Kier alpha value is -3.28. The van der Waals surface area contributed by atoms with Crippen LogP contribution in [0, 0.1) is 19.7 Å². The van der Waals surface area contributed by atoms with Crippen LogP contribution in [0.3, 0.4) is 0 Å². The van der Waals surface area contributed by atoms with Gasteiger partial charge >= 0.3 is 0 Å². The summed E-state index contributed by atoms with van der Waals surface area (Å²) in [5.74, 6) is -1.44. The second-order valence-corrected chi connectivity index (χ2v) is 5.75. The zero-order valence-corrected chi connectivity index (χ0v) is 13.8. The Balaban J connectivity index is 1.81. The minimum Gasteiger partial charge on any atom is -0.267 e. The number of hydrogen-bond donors (Lipinski definition) is 2. The molecule has 1 heterocycles. The fourth-order valence-electron chi connectivity index (χ4n) is 2.48. The molecule has 0 unspecified atom stereocenters. The second-order valence-electron chi connectivity index (χ2n) is 5.75. The lowest BCUT2D eigenvalue weighted by molar-refractivity contribution is 0.0847. The molecule has 6 heteroatoms. The molecule has 0 fully saturated rings. The van der Waals surface area contributed by atoms with E-state index in [-0.39, 0.29) is 5.56 Å². The van der Waals surface area contributed by atoms with Crippen molar-refractivity contribution in [2.24, 2.45) is 0 Å². The minimum atomic E-state index is -0.540. The number of aryl methyl sites for hydroxylation is 2. The van der Waals surface area contributed by atoms with Gasteiger partial charge in [0.15, 0.2) is 0 Å². The number of nitrogens with one attached hydrogen (secondary N) is 2. The minimum absolute atomic E-state index is 0.242. The lowest BCUT2D eigenvalue weighted by Gasteiger charge is -2.10. The fourth-order valence-corrected chi connectivity index (χ4v) is 2.48. The molecule has 2 amide bonds. The largest absolute Gasteiger partial charge is 0.270 e. The number of nitrogens with zero attached hydrogens (tertiary/aromatic N) is 1. The van der Waals surface area contributed by atoms with Crippen LogP contribution in [-0.4, -0.2) is 16.8 Å². The average Bonchev–Trinajstić information content (AvgIpc) is 2.59. The van der Waals surface area contributed by atoms with Gasteiger partial charge in [-0.3, -0.25) is 25.4 Å². The molecule has 0 bridgehead atoms. The Morgan fingerprint density at radius 2 is 1.60 bits per heavy atom. The maximum absolute atomic E-state index is 13.5. The Bertz CT molecular complexity index is 968. The van der Waals surface area contributed by atoms with Gasteiger partial charge in [0, 0.05) is 16.6 Å². The number of carbonyl (C=O) groups is 2. The smallest absolute Gasteiger partial charge is 0.267 e. The quantitative estimate of drug-likeness (QED) is 0.706. The summed E-state index contributed by atoms with van der Waals surface area (Å²) < 4.78 is 13.5. The van der Waals surface area contributed by atoms with Gasteiger partial charge in [-0.15, -0.1) is 0 Å². The van der Waals surface area contributed by atoms with E-state index >= 15 is 0 Å². The SMILES string of the molecule is Cc1ccc(C(=O)NNC(=O)c2cc(C)nc3ccc(F)cc23)cc1. The molecule has 0 saturated carbocycles. The second kappa shape index (κ2) is 6.68. The van der Waals surface area contributed by atoms with E-state index in [0.29, 0.717) is 22.2 Å². The van der Waals surface area contributed by atoms with Crippen molar-refractivity contribution >= 4 is 22.7 Å². The molecule has 0 spiro atoms. The topological polar surface area (TPSA) is 71.1 Å². The van der Waals surface area contributed by atoms with Crippen LogP contribution in [0.1, 0.15) is 32.0 Å². The summed E-state index contributed by atoms with van der Waals surface area (Å²) in [6, 6.07) is 12.5. The van der Waals surface area contributed by atoms with Gasteiger partial charge in [0.2, 0.25) is 0 Å². The van der Waals surface area contributed by atoms with Crippen LogP contribution < -0.4 is 10.9 Å². The zero-order chi connectivity index (χ0) is 18.0. The number of hydrazine groups is 1. The van der Waals surface area contributed by atoms with E-state index in [9.17, 15) is 14.0 Å². The van der Waals surface area contributed by atoms with Crippen LogP contribution in [-0.2, 0) is 0 Å². The summed E-state index contributed by atoms with van der Waals surface area (Å²) >= 11 is 0. The van der Waals surface area contributed by atoms with Crippen molar-refractivity contribution in [3.8, 4) is 0 Å². The highest BCUT2D eigenvalue weighted by atomic mass is 19.1. The lowest BCUT2D eigenvalue weighted by Crippen LogP contribution is -2.41. The predicted octanol–water partition coefficient (Wildman–Crippen LogP) is 3.07. The van der Waals surface area contributed by atoms with Crippen molar-refractivity contribution in [3.05, 3.63) is 76.7 Å². The summed E-state index contributed by atoms with van der Waals surface area (Å²) in [5.41, 5.74) is 7.55. The lowest BCUT2D eigenvalue weighted by atomic mass is 10.1. The summed E-state index contributed by atoms with van der Waals surface area (Å²) in [4.78, 5) is 28.8. The molecule has 126 valence electrons. The number of fused-ring (bicyclic) bond motifs is 1. The fraction of sp³-hybridized carbons (Fsp3) is 0.105. The molecule has 5 nitrogen and oxygen atoms in total. The Kier molecular flexibility index (Phi) is 4.43. The number of halogens is 1. The van der Waals surface area contributed by atoms with Crippen molar-refractivity contribution in [2.45, 2.75) is 13.8 Å². The number of amides is 2. The maximum Gasteiger partial charge on any atom is 0.270 e. The average molecular weight is 337 g/mol. The summed E-state index contributed by atoms with van der Waals surface area (Å²) in [5, 5.41) is 0.382. The highest BCUT2D eigenvalue weighted by Gasteiger charge is 2.14. The molecule has 1 aromatic heterocycles. The van der Waals surface area contributed by atoms with Gasteiger partial charge in [-0.05, 0) is 50.2 Å². The molecule has 0 saturated heterocycles. The van der Waals surface area contributed by atoms with E-state index in [4.69, 9.17) is 0 Å². The van der Waals surface area contributed by atoms with Gasteiger partial charge in [-0.2, -0.15) is 0 Å². The van der Waals surface area contributed by atoms with Crippen molar-refractivity contribution in [1.82, 2.24) is 15.8 Å². The molecule has 0 aliphatic carbocycles. The number of benzene rings is 2. The van der Waals surface area contributed by atoms with Crippen LogP contribution >= 0.6 is 0 Å². The molecule has 2 N–H and O–H groups in total. The third kappa shape index (κ3) is 3.63. The molecule has 0 atom stereocenters. The monoisotopic (exact) mass is 337 g/mol. The molecular formula is C19H16FN3O2. The van der Waals surface area contributed by atoms with Crippen LogP contribution in [0.25, 0.3) is 10.9 Å². The Labute approximate surface area is 143 Å². The van der Waals surface area contributed by atoms with Crippen LogP contribution in [0.5, 0.6) is 0 Å². The summed E-state index contributed by atoms with van der Waals surface area (Å²) in [6.45, 7) is 3.66. The van der Waals surface area contributed by atoms with Gasteiger partial charge in [-0.1, -0.05) is 17.7 Å². The van der Waals surface area contributed by atoms with Crippen LogP contribution in [0.15, 0.2) is 48.5 Å². The molecule has 0 aliphatic rings. The van der Waals surface area contributed by atoms with Gasteiger partial charge in [0.05, 0.1) is 11.1 Å². The molecule has 25 heavy (non-hydrogen) atoms. The molecule has 3 rings (SSSR count). The summed E-state index contributed by atoms with van der Waals surface area (Å²) in [7, 11) is 0. The molecule has 0 aliphatic heterocycles. The van der Waals surface area contributed by atoms with Crippen LogP contribution in [0.4, 0.5) is 4.39 Å². The van der Waals surface area contributed by atoms with Gasteiger partial charge in [-0.25, -0.2) is 4.39 Å². The number of rotatable bonds is 2. The van der Waals surface area contributed by atoms with E-state index in [1.54, 1.807) is 37.3 Å². The third-order valence-corrected chi connectivity index (χ3v) is 3.75. The van der Waals surface area contributed by atoms with Gasteiger partial charge in [0.1, 0.15) is 5.82 Å². The van der Waals surface area contributed by atoms with Gasteiger partial charge in [0.25, 0.3) is 11.8 Å². The molecular weight excluding hydrogens is 321 g/mol. The first kappa shape index (κ1) is 16.6. The number of hydrogen-bond acceptors (Lipinski definition) is 3. The number of aromatic nitrogens is 1. The van der Waals surface area contributed by atoms with E-state index in [1.165, 1.54) is 18.2 Å². The first-order valence-corrected chi connectivity index (χ1v) is 7.68. The van der Waals surface area contributed by atoms with E-state index in [2.05, 4.69) is 15.8 Å². The van der Waals surface area contributed by atoms with E-state index in [0.717, 1.165) is 5.56 Å². The number of carbonyl (C=O) groups excluding carboxylic acids is 2. The van der Waals surface area contributed by atoms with Crippen molar-refractivity contribution in [3.63, 3.8) is 0 Å². The van der Waals surface area contributed by atoms with Crippen molar-refractivity contribution < 1.29 is 14.0 Å². The summed E-state index contributed by atoms with van der Waals surface area (Å²) in [6.07, 6.45) is 0. The number of pyridine rings is 1. The van der Waals surface area contributed by atoms with Crippen molar-refractivity contribution in [2.75, 3.05) is 0 Å². The first-order chi connectivity index (χ1) is 11.9. The van der Waals surface area contributed by atoms with E-state index < -0.39 is 17.6 Å². The Morgan fingerprint density at radius 1 is 0.920 bits per heavy atom. The third-order valence-electron chi connectivity index (χ3n) is 3.75. The molecule has 0 radical (unpaired) electrons. The Morgan fingerprint density at radius 3 is 2.32 bits per heavy atom. The first-order valence-electron chi connectivity index (χ1n) is 7.68. The maximum atomic E-state index is 13.5. The zero-order valence-electron chi connectivity index (χ0n) is 13.8. The molecule has 3 aromatic rings. The van der Waals surface area contributed by atoms with Crippen molar-refractivity contribution in [1.29, 1.82) is 0 Å². The molecule has 2 aromatic carbocycles.